The Morgan fingerprint density at radius 1 is 1.56 bits per heavy atom. The number of rotatable bonds is 5. The topological polar surface area (TPSA) is 56.1 Å². The molecule has 0 aromatic carbocycles. The van der Waals surface area contributed by atoms with Crippen LogP contribution in [-0.4, -0.2) is 35.6 Å². The van der Waals surface area contributed by atoms with Gasteiger partial charge in [0.1, 0.15) is 6.54 Å². The van der Waals surface area contributed by atoms with E-state index >= 15 is 0 Å². The van der Waals surface area contributed by atoms with E-state index in [1.165, 1.54) is 18.0 Å². The molecule has 0 aliphatic heterocycles. The predicted octanol–water partition coefficient (Wildman–Crippen LogP) is 1.73. The number of methoxy groups -OCH3 is 1. The quantitative estimate of drug-likeness (QED) is 0.824. The van der Waals surface area contributed by atoms with Gasteiger partial charge in [0.05, 0.1) is 24.9 Å². The van der Waals surface area contributed by atoms with Crippen LogP contribution >= 0.6 is 0 Å². The smallest absolute Gasteiger partial charge is 0.390 e. The van der Waals surface area contributed by atoms with Gasteiger partial charge < -0.3 is 10.1 Å². The van der Waals surface area contributed by atoms with E-state index in [0.717, 1.165) is 0 Å². The van der Waals surface area contributed by atoms with Gasteiger partial charge in [-0.1, -0.05) is 0 Å². The van der Waals surface area contributed by atoms with Crippen LogP contribution in [-0.2, 0) is 16.1 Å². The van der Waals surface area contributed by atoms with E-state index < -0.39 is 18.6 Å². The molecule has 5 nitrogen and oxygen atoms in total. The summed E-state index contributed by atoms with van der Waals surface area (Å²) in [6.07, 6.45) is -3.71. The molecule has 1 N–H and O–H groups in total. The molecular formula is C10H14F3N3O2. The van der Waals surface area contributed by atoms with Gasteiger partial charge in [0.25, 0.3) is 0 Å². The fraction of sp³-hybridized carbons (Fsp3) is 0.600. The molecule has 1 rings (SSSR count). The van der Waals surface area contributed by atoms with E-state index in [0.29, 0.717) is 11.4 Å². The molecule has 0 aliphatic rings. The number of hydrogen-bond donors (Lipinski definition) is 1. The minimum atomic E-state index is -4.21. The van der Waals surface area contributed by atoms with Crippen molar-refractivity contribution in [2.24, 2.45) is 0 Å². The van der Waals surface area contributed by atoms with Crippen molar-refractivity contribution >= 4 is 11.7 Å². The van der Waals surface area contributed by atoms with Crippen molar-refractivity contribution < 1.29 is 22.7 Å². The van der Waals surface area contributed by atoms with Gasteiger partial charge in [-0.25, -0.2) is 0 Å². The molecule has 0 saturated carbocycles. The molecule has 0 spiro atoms. The highest BCUT2D eigenvalue weighted by molar-refractivity contribution is 5.74. The maximum atomic E-state index is 12.0. The molecule has 8 heteroatoms. The first-order chi connectivity index (χ1) is 8.31. The second kappa shape index (κ2) is 5.74. The van der Waals surface area contributed by atoms with Crippen molar-refractivity contribution in [1.82, 2.24) is 9.78 Å². The maximum Gasteiger partial charge on any atom is 0.390 e. The summed E-state index contributed by atoms with van der Waals surface area (Å²) in [7, 11) is 1.25. The summed E-state index contributed by atoms with van der Waals surface area (Å²) < 4.78 is 41.7. The van der Waals surface area contributed by atoms with E-state index in [1.54, 1.807) is 6.92 Å². The zero-order valence-electron chi connectivity index (χ0n) is 10.0. The summed E-state index contributed by atoms with van der Waals surface area (Å²) >= 11 is 0. The lowest BCUT2D eigenvalue weighted by Crippen LogP contribution is -2.15. The predicted molar refractivity (Wildman–Crippen MR) is 58.1 cm³/mol. The number of nitrogens with zero attached hydrogens (tertiary/aromatic N) is 2. The van der Waals surface area contributed by atoms with Crippen LogP contribution < -0.4 is 5.32 Å². The van der Waals surface area contributed by atoms with E-state index in [-0.39, 0.29) is 13.1 Å². The SMILES string of the molecule is COC(=O)CNc1cn(CCC(F)(F)F)nc1C. The fourth-order valence-electron chi connectivity index (χ4n) is 1.29. The molecular weight excluding hydrogens is 251 g/mol. The Morgan fingerprint density at radius 3 is 2.78 bits per heavy atom. The van der Waals surface area contributed by atoms with Crippen LogP contribution in [0.25, 0.3) is 0 Å². The van der Waals surface area contributed by atoms with Gasteiger partial charge in [-0.3, -0.25) is 9.48 Å². The summed E-state index contributed by atoms with van der Waals surface area (Å²) in [5, 5.41) is 6.66. The zero-order valence-corrected chi connectivity index (χ0v) is 10.0. The zero-order chi connectivity index (χ0) is 13.8. The number of hydrogen-bond acceptors (Lipinski definition) is 4. The summed E-state index contributed by atoms with van der Waals surface area (Å²) in [5.74, 6) is -0.461. The first-order valence-corrected chi connectivity index (χ1v) is 5.23. The van der Waals surface area contributed by atoms with Crippen LogP contribution in [0.15, 0.2) is 6.20 Å². The second-order valence-electron chi connectivity index (χ2n) is 3.69. The molecule has 1 aromatic heterocycles. The van der Waals surface area contributed by atoms with Crippen LogP contribution in [0.2, 0.25) is 0 Å². The third kappa shape index (κ3) is 4.64. The van der Waals surface area contributed by atoms with E-state index in [9.17, 15) is 18.0 Å². The minimum Gasteiger partial charge on any atom is -0.468 e. The summed E-state index contributed by atoms with van der Waals surface area (Å²) in [6.45, 7) is 1.34. The first kappa shape index (κ1) is 14.3. The minimum absolute atomic E-state index is 0.0533. The molecule has 1 aromatic rings. The molecule has 102 valence electrons. The highest BCUT2D eigenvalue weighted by atomic mass is 19.4. The number of nitrogens with one attached hydrogen (secondary N) is 1. The average molecular weight is 265 g/mol. The van der Waals surface area contributed by atoms with Crippen LogP contribution in [0.4, 0.5) is 18.9 Å². The Labute approximate surface area is 102 Å². The number of halogens is 3. The Morgan fingerprint density at radius 2 is 2.22 bits per heavy atom. The molecule has 0 saturated heterocycles. The number of carbonyl (C=O) groups is 1. The lowest BCUT2D eigenvalue weighted by atomic mass is 10.4. The molecule has 0 unspecified atom stereocenters. The van der Waals surface area contributed by atoms with Gasteiger partial charge in [-0.05, 0) is 6.92 Å². The maximum absolute atomic E-state index is 12.0. The number of aromatic nitrogens is 2. The molecule has 0 aliphatic carbocycles. The van der Waals surface area contributed by atoms with Crippen LogP contribution in [0.3, 0.4) is 0 Å². The molecule has 0 amide bonds. The number of alkyl halides is 3. The highest BCUT2D eigenvalue weighted by Gasteiger charge is 2.26. The normalized spacial score (nSPS) is 11.4. The molecule has 0 atom stereocenters. The molecule has 18 heavy (non-hydrogen) atoms. The Balaban J connectivity index is 2.56. The fourth-order valence-corrected chi connectivity index (χ4v) is 1.29. The number of ether oxygens (including phenoxy) is 1. The first-order valence-electron chi connectivity index (χ1n) is 5.23. The molecule has 0 radical (unpaired) electrons. The van der Waals surface area contributed by atoms with Gasteiger partial charge in [0.2, 0.25) is 0 Å². The van der Waals surface area contributed by atoms with Gasteiger partial charge in [0.15, 0.2) is 0 Å². The Kier molecular flexibility index (Phi) is 4.57. The highest BCUT2D eigenvalue weighted by Crippen LogP contribution is 2.21. The van der Waals surface area contributed by atoms with Gasteiger partial charge >= 0.3 is 12.1 Å². The third-order valence-electron chi connectivity index (χ3n) is 2.22. The number of esters is 1. The van der Waals surface area contributed by atoms with Gasteiger partial charge in [-0.15, -0.1) is 0 Å². The monoisotopic (exact) mass is 265 g/mol. The van der Waals surface area contributed by atoms with Crippen molar-refractivity contribution in [1.29, 1.82) is 0 Å². The number of carbonyl (C=O) groups excluding carboxylic acids is 1. The van der Waals surface area contributed by atoms with Crippen molar-refractivity contribution in [3.63, 3.8) is 0 Å². The summed E-state index contributed by atoms with van der Waals surface area (Å²) in [5.41, 5.74) is 1.05. The van der Waals surface area contributed by atoms with Crippen molar-refractivity contribution in [3.05, 3.63) is 11.9 Å². The van der Waals surface area contributed by atoms with Crippen LogP contribution in [0, 0.1) is 6.92 Å². The van der Waals surface area contributed by atoms with Crippen molar-refractivity contribution in [3.8, 4) is 0 Å². The summed E-state index contributed by atoms with van der Waals surface area (Å²) in [4.78, 5) is 10.9. The second-order valence-corrected chi connectivity index (χ2v) is 3.69. The van der Waals surface area contributed by atoms with Gasteiger partial charge in [-0.2, -0.15) is 18.3 Å². The molecule has 0 fully saturated rings. The van der Waals surface area contributed by atoms with E-state index in [1.807, 2.05) is 0 Å². The average Bonchev–Trinajstić information content (AvgIpc) is 2.63. The largest absolute Gasteiger partial charge is 0.468 e. The molecule has 1 heterocycles. The van der Waals surface area contributed by atoms with E-state index in [2.05, 4.69) is 15.2 Å². The van der Waals surface area contributed by atoms with Gasteiger partial charge in [0, 0.05) is 12.7 Å². The van der Waals surface area contributed by atoms with E-state index in [4.69, 9.17) is 0 Å². The lowest BCUT2D eigenvalue weighted by molar-refractivity contribution is -0.138. The Hall–Kier alpha value is -1.73. The van der Waals surface area contributed by atoms with Crippen LogP contribution in [0.1, 0.15) is 12.1 Å². The lowest BCUT2D eigenvalue weighted by Gasteiger charge is -2.05. The Bertz CT molecular complexity index is 415. The van der Waals surface area contributed by atoms with Crippen LogP contribution in [0.5, 0.6) is 0 Å². The number of anilines is 1. The standard InChI is InChI=1S/C10H14F3N3O2/c1-7-8(14-5-9(17)18-2)6-16(15-7)4-3-10(11,12)13/h6,14H,3-5H2,1-2H3. The third-order valence-corrected chi connectivity index (χ3v) is 2.22. The molecule has 0 bridgehead atoms. The van der Waals surface area contributed by atoms with Crippen molar-refractivity contribution in [2.45, 2.75) is 26.1 Å². The van der Waals surface area contributed by atoms with Crippen molar-refractivity contribution in [2.75, 3.05) is 19.0 Å². The number of aryl methyl sites for hydroxylation is 2. The summed E-state index contributed by atoms with van der Waals surface area (Å²) in [6, 6.07) is 0.